The molecule has 1 aliphatic heterocycles. The summed E-state index contributed by atoms with van der Waals surface area (Å²) in [6.45, 7) is 6.96. The Hall–Kier alpha value is -1.75. The molecule has 0 N–H and O–H groups in total. The van der Waals surface area contributed by atoms with Crippen LogP contribution in [-0.4, -0.2) is 32.9 Å². The third kappa shape index (κ3) is 2.26. The van der Waals surface area contributed by atoms with Gasteiger partial charge in [0.2, 0.25) is 6.34 Å². The van der Waals surface area contributed by atoms with E-state index >= 15 is 0 Å². The van der Waals surface area contributed by atoms with Gasteiger partial charge < -0.3 is 0 Å². The first-order valence-corrected chi connectivity index (χ1v) is 6.82. The molecule has 0 aromatic carbocycles. The van der Waals surface area contributed by atoms with Gasteiger partial charge in [-0.15, -0.1) is 0 Å². The van der Waals surface area contributed by atoms with Crippen molar-refractivity contribution in [1.82, 2.24) is 9.55 Å². The number of imidazole rings is 1. The molecule has 1 amide bonds. The molecule has 1 aromatic rings. The lowest BCUT2D eigenvalue weighted by Crippen LogP contribution is -2.51. The smallest absolute Gasteiger partial charge is 0.245 e. The molecular formula is C14H21N4O+. The van der Waals surface area contributed by atoms with Crippen LogP contribution in [-0.2, 0) is 0 Å². The second kappa shape index (κ2) is 5.48. The number of nitrogens with zero attached hydrogens (tertiary/aromatic N) is 4. The Balaban J connectivity index is 2.41. The van der Waals surface area contributed by atoms with E-state index in [4.69, 9.17) is 0 Å². The van der Waals surface area contributed by atoms with Crippen LogP contribution in [0, 0.1) is 0 Å². The van der Waals surface area contributed by atoms with Crippen molar-refractivity contribution in [3.05, 3.63) is 30.1 Å². The largest absolute Gasteiger partial charge is 0.439 e. The quantitative estimate of drug-likeness (QED) is 0.782. The highest BCUT2D eigenvalue weighted by molar-refractivity contribution is 5.80. The molecule has 0 bridgehead atoms. The molecule has 5 heteroatoms. The second-order valence-electron chi connectivity index (χ2n) is 4.87. The number of quaternary nitrogens is 1. The lowest BCUT2D eigenvalue weighted by molar-refractivity contribution is -0.707. The summed E-state index contributed by atoms with van der Waals surface area (Å²) < 4.78 is 1.74. The monoisotopic (exact) mass is 261 g/mol. The van der Waals surface area contributed by atoms with Crippen molar-refractivity contribution in [3.8, 4) is 0 Å². The molecular weight excluding hydrogens is 240 g/mol. The molecule has 0 saturated heterocycles. The molecule has 1 atom stereocenters. The van der Waals surface area contributed by atoms with E-state index in [-0.39, 0.29) is 10.5 Å². The van der Waals surface area contributed by atoms with Crippen molar-refractivity contribution in [2.24, 2.45) is 4.99 Å². The third-order valence-electron chi connectivity index (χ3n) is 3.56. The van der Waals surface area contributed by atoms with Crippen LogP contribution >= 0.6 is 0 Å². The number of carbonyl (C=O) groups excluding carboxylic acids is 1. The highest BCUT2D eigenvalue weighted by Gasteiger charge is 2.43. The number of amides is 1. The zero-order chi connectivity index (χ0) is 13.9. The number of aliphatic imine (C=N–C) groups is 1. The van der Waals surface area contributed by atoms with Gasteiger partial charge in [0, 0.05) is 19.3 Å². The summed E-state index contributed by atoms with van der Waals surface area (Å²) in [6.07, 6.45) is 9.53. The SMILES string of the molecule is CCCC1=C(C)[N+](CCC)(C(=O)n2ccnc2)C=N1. The maximum absolute atomic E-state index is 12.7. The zero-order valence-corrected chi connectivity index (χ0v) is 11.8. The number of hydrogen-bond acceptors (Lipinski definition) is 3. The molecule has 0 aliphatic carbocycles. The molecule has 1 aliphatic rings. The first-order valence-electron chi connectivity index (χ1n) is 6.82. The van der Waals surface area contributed by atoms with Crippen molar-refractivity contribution >= 4 is 12.4 Å². The molecule has 1 aromatic heterocycles. The van der Waals surface area contributed by atoms with E-state index in [0.29, 0.717) is 0 Å². The summed E-state index contributed by atoms with van der Waals surface area (Å²) in [7, 11) is 0. The first-order chi connectivity index (χ1) is 9.15. The van der Waals surface area contributed by atoms with Gasteiger partial charge in [0.05, 0.1) is 6.54 Å². The molecule has 0 fully saturated rings. The van der Waals surface area contributed by atoms with Gasteiger partial charge in [0.1, 0.15) is 17.7 Å². The molecule has 102 valence electrons. The molecule has 19 heavy (non-hydrogen) atoms. The van der Waals surface area contributed by atoms with E-state index in [1.807, 2.05) is 6.92 Å². The Morgan fingerprint density at radius 1 is 1.37 bits per heavy atom. The van der Waals surface area contributed by atoms with Gasteiger partial charge in [-0.25, -0.2) is 19.3 Å². The summed E-state index contributed by atoms with van der Waals surface area (Å²) in [4.78, 5) is 21.2. The molecule has 5 nitrogen and oxygen atoms in total. The van der Waals surface area contributed by atoms with Crippen molar-refractivity contribution in [2.45, 2.75) is 40.0 Å². The van der Waals surface area contributed by atoms with Crippen molar-refractivity contribution < 1.29 is 9.28 Å². The Kier molecular flexibility index (Phi) is 3.95. The fraction of sp³-hybridized carbons (Fsp3) is 0.500. The minimum Gasteiger partial charge on any atom is -0.245 e. The Labute approximate surface area is 113 Å². The summed E-state index contributed by atoms with van der Waals surface area (Å²) >= 11 is 0. The van der Waals surface area contributed by atoms with Crippen molar-refractivity contribution in [3.63, 3.8) is 0 Å². The van der Waals surface area contributed by atoms with Crippen LogP contribution in [0.25, 0.3) is 0 Å². The van der Waals surface area contributed by atoms with E-state index in [0.717, 1.165) is 37.2 Å². The number of hydrogen-bond donors (Lipinski definition) is 0. The highest BCUT2D eigenvalue weighted by Crippen LogP contribution is 2.30. The molecule has 2 rings (SSSR count). The molecule has 0 saturated carbocycles. The lowest BCUT2D eigenvalue weighted by Gasteiger charge is -2.27. The second-order valence-corrected chi connectivity index (χ2v) is 4.87. The fourth-order valence-corrected chi connectivity index (χ4v) is 2.51. The number of rotatable bonds is 4. The normalized spacial score (nSPS) is 22.3. The summed E-state index contributed by atoms with van der Waals surface area (Å²) in [6, 6.07) is -0.00768. The van der Waals surface area contributed by atoms with Gasteiger partial charge in [0.15, 0.2) is 0 Å². The minimum atomic E-state index is -0.00768. The Morgan fingerprint density at radius 2 is 2.16 bits per heavy atom. The molecule has 0 spiro atoms. The van der Waals surface area contributed by atoms with E-state index < -0.39 is 0 Å². The maximum Gasteiger partial charge on any atom is 0.439 e. The molecule has 2 heterocycles. The van der Waals surface area contributed by atoms with Crippen LogP contribution in [0.15, 0.2) is 35.1 Å². The summed E-state index contributed by atoms with van der Waals surface area (Å²) in [5.41, 5.74) is 2.09. The van der Waals surface area contributed by atoms with Crippen LogP contribution in [0.3, 0.4) is 0 Å². The summed E-state index contributed by atoms with van der Waals surface area (Å²) in [5.74, 6) is 0. The van der Waals surface area contributed by atoms with Gasteiger partial charge in [-0.2, -0.15) is 4.48 Å². The standard InChI is InChI=1S/C14H21N4O/c1-4-6-13-12(3)18(9-5-2,11-16-13)14(19)17-8-7-15-10-17/h7-8,10-11H,4-6,9H2,1-3H3/q+1. The van der Waals surface area contributed by atoms with E-state index in [1.54, 1.807) is 29.6 Å². The number of aromatic nitrogens is 2. The molecule has 1 unspecified atom stereocenters. The lowest BCUT2D eigenvalue weighted by atomic mass is 10.2. The maximum atomic E-state index is 12.7. The predicted octanol–water partition coefficient (Wildman–Crippen LogP) is 3.15. The Bertz CT molecular complexity index is 516. The van der Waals surface area contributed by atoms with Crippen molar-refractivity contribution in [2.75, 3.05) is 6.54 Å². The zero-order valence-electron chi connectivity index (χ0n) is 11.8. The van der Waals surface area contributed by atoms with E-state index in [2.05, 4.69) is 23.8 Å². The predicted molar refractivity (Wildman–Crippen MR) is 74.5 cm³/mol. The first kappa shape index (κ1) is 13.7. The fourth-order valence-electron chi connectivity index (χ4n) is 2.51. The van der Waals surface area contributed by atoms with Crippen LogP contribution in [0.2, 0.25) is 0 Å². The average Bonchev–Trinajstić information content (AvgIpc) is 3.02. The van der Waals surface area contributed by atoms with Gasteiger partial charge in [-0.05, 0) is 12.8 Å². The minimum absolute atomic E-state index is 0.00768. The highest BCUT2D eigenvalue weighted by atomic mass is 16.2. The third-order valence-corrected chi connectivity index (χ3v) is 3.56. The number of allylic oxidation sites excluding steroid dienone is 2. The van der Waals surface area contributed by atoms with Crippen LogP contribution in [0.1, 0.15) is 40.0 Å². The van der Waals surface area contributed by atoms with Gasteiger partial charge in [-0.1, -0.05) is 20.3 Å². The van der Waals surface area contributed by atoms with Crippen molar-refractivity contribution in [1.29, 1.82) is 0 Å². The van der Waals surface area contributed by atoms with E-state index in [9.17, 15) is 4.79 Å². The van der Waals surface area contributed by atoms with Gasteiger partial charge in [-0.3, -0.25) is 0 Å². The molecule has 0 radical (unpaired) electrons. The van der Waals surface area contributed by atoms with Crippen LogP contribution in [0.5, 0.6) is 0 Å². The van der Waals surface area contributed by atoms with Crippen LogP contribution < -0.4 is 0 Å². The number of carbonyl (C=O) groups is 1. The van der Waals surface area contributed by atoms with Gasteiger partial charge >= 0.3 is 6.03 Å². The topological polar surface area (TPSA) is 47.2 Å². The average molecular weight is 261 g/mol. The van der Waals surface area contributed by atoms with Gasteiger partial charge in [0.25, 0.3) is 0 Å². The summed E-state index contributed by atoms with van der Waals surface area (Å²) in [5, 5.41) is 0. The Morgan fingerprint density at radius 3 is 2.74 bits per heavy atom. The van der Waals surface area contributed by atoms with E-state index in [1.165, 1.54) is 0 Å². The van der Waals surface area contributed by atoms with Crippen LogP contribution in [0.4, 0.5) is 4.79 Å².